The summed E-state index contributed by atoms with van der Waals surface area (Å²) in [7, 11) is 0. The molecular weight excluding hydrogens is 361 g/mol. The van der Waals surface area contributed by atoms with Crippen molar-refractivity contribution in [2.45, 2.75) is 20.0 Å². The molecule has 1 fully saturated rings. The predicted molar refractivity (Wildman–Crippen MR) is 87.3 cm³/mol. The molecule has 0 aliphatic carbocycles. The van der Waals surface area contributed by atoms with Crippen LogP contribution in [0.3, 0.4) is 0 Å². The Balaban J connectivity index is 1.56. The number of thiazole rings is 2. The van der Waals surface area contributed by atoms with Gasteiger partial charge in [-0.2, -0.15) is 13.2 Å². The highest BCUT2D eigenvalue weighted by Crippen LogP contribution is 2.32. The van der Waals surface area contributed by atoms with Gasteiger partial charge in [0.2, 0.25) is 5.91 Å². The van der Waals surface area contributed by atoms with Gasteiger partial charge in [-0.3, -0.25) is 9.69 Å². The van der Waals surface area contributed by atoms with Crippen LogP contribution in [0.1, 0.15) is 10.7 Å². The van der Waals surface area contributed by atoms with E-state index in [-0.39, 0.29) is 19.0 Å². The van der Waals surface area contributed by atoms with Gasteiger partial charge < -0.3 is 5.32 Å². The molecule has 0 unspecified atom stereocenters. The molecule has 1 saturated heterocycles. The third-order valence-corrected chi connectivity index (χ3v) is 5.45. The largest absolute Gasteiger partial charge is 0.401 e. The zero-order chi connectivity index (χ0) is 17.5. The predicted octanol–water partition coefficient (Wildman–Crippen LogP) is 3.32. The molecule has 1 amide bonds. The standard InChI is InChI=1S/C14H15F3N4OS2/c1-7-11(24-8(2)18-7)10-5-23-13(19-10)20-12(22)9-3-21(4-9)6-14(15,16)17/h5,9H,3-4,6H2,1-2H3,(H,19,20,22). The topological polar surface area (TPSA) is 58.1 Å². The minimum absolute atomic E-state index is 0.122. The Morgan fingerprint density at radius 1 is 1.38 bits per heavy atom. The number of hydrogen-bond acceptors (Lipinski definition) is 6. The number of aryl methyl sites for hydroxylation is 2. The highest BCUT2D eigenvalue weighted by molar-refractivity contribution is 7.16. The van der Waals surface area contributed by atoms with Crippen LogP contribution < -0.4 is 5.32 Å². The minimum atomic E-state index is -4.23. The quantitative estimate of drug-likeness (QED) is 0.889. The van der Waals surface area contributed by atoms with Crippen LogP contribution in [0.25, 0.3) is 10.6 Å². The van der Waals surface area contributed by atoms with Crippen molar-refractivity contribution in [1.29, 1.82) is 0 Å². The number of amides is 1. The molecule has 1 N–H and O–H groups in total. The molecule has 0 bridgehead atoms. The number of carbonyl (C=O) groups is 1. The Kier molecular flexibility index (Phi) is 4.63. The van der Waals surface area contributed by atoms with Crippen LogP contribution in [0.15, 0.2) is 5.38 Å². The number of halogens is 3. The molecule has 0 aromatic carbocycles. The zero-order valence-electron chi connectivity index (χ0n) is 13.0. The van der Waals surface area contributed by atoms with E-state index in [9.17, 15) is 18.0 Å². The van der Waals surface area contributed by atoms with Crippen LogP contribution in [0.5, 0.6) is 0 Å². The Hall–Kier alpha value is -1.52. The van der Waals surface area contributed by atoms with Gasteiger partial charge in [0.05, 0.1) is 33.7 Å². The molecule has 2 aromatic heterocycles. The fourth-order valence-corrected chi connectivity index (χ4v) is 4.19. The average molecular weight is 376 g/mol. The SMILES string of the molecule is Cc1nc(C)c(-c2csc(NC(=O)C3CN(CC(F)(F)F)C3)n2)s1. The van der Waals surface area contributed by atoms with Gasteiger partial charge in [-0.15, -0.1) is 22.7 Å². The maximum atomic E-state index is 12.2. The van der Waals surface area contributed by atoms with Crippen molar-refractivity contribution in [2.75, 3.05) is 25.0 Å². The molecule has 3 rings (SSSR count). The lowest BCUT2D eigenvalue weighted by atomic mass is 9.99. The maximum absolute atomic E-state index is 12.2. The molecule has 2 aromatic rings. The fraction of sp³-hybridized carbons (Fsp3) is 0.500. The first kappa shape index (κ1) is 17.3. The number of rotatable bonds is 4. The van der Waals surface area contributed by atoms with Crippen LogP contribution in [0.2, 0.25) is 0 Å². The van der Waals surface area contributed by atoms with Crippen LogP contribution in [-0.4, -0.2) is 46.6 Å². The average Bonchev–Trinajstić information content (AvgIpc) is 2.98. The molecule has 3 heterocycles. The lowest BCUT2D eigenvalue weighted by Crippen LogP contribution is -2.54. The minimum Gasteiger partial charge on any atom is -0.302 e. The van der Waals surface area contributed by atoms with Crippen molar-refractivity contribution in [2.24, 2.45) is 5.92 Å². The zero-order valence-corrected chi connectivity index (χ0v) is 14.6. The number of anilines is 1. The van der Waals surface area contributed by atoms with Crippen molar-refractivity contribution in [3.05, 3.63) is 16.1 Å². The Labute approximate surface area is 144 Å². The van der Waals surface area contributed by atoms with Gasteiger partial charge in [0.15, 0.2) is 5.13 Å². The van der Waals surface area contributed by atoms with Crippen LogP contribution in [0.4, 0.5) is 18.3 Å². The summed E-state index contributed by atoms with van der Waals surface area (Å²) >= 11 is 2.83. The van der Waals surface area contributed by atoms with E-state index in [1.54, 1.807) is 0 Å². The fourth-order valence-electron chi connectivity index (χ4n) is 2.53. The monoisotopic (exact) mass is 376 g/mol. The van der Waals surface area contributed by atoms with Gasteiger partial charge in [0, 0.05) is 18.5 Å². The molecule has 24 heavy (non-hydrogen) atoms. The highest BCUT2D eigenvalue weighted by atomic mass is 32.1. The molecule has 5 nitrogen and oxygen atoms in total. The van der Waals surface area contributed by atoms with Crippen molar-refractivity contribution >= 4 is 33.7 Å². The lowest BCUT2D eigenvalue weighted by Gasteiger charge is -2.38. The summed E-state index contributed by atoms with van der Waals surface area (Å²) in [6, 6.07) is 0. The number of likely N-dealkylation sites (tertiary alicyclic amines) is 1. The Bertz CT molecular complexity index is 750. The molecule has 0 radical (unpaired) electrons. The second-order valence-electron chi connectivity index (χ2n) is 5.68. The number of carbonyl (C=O) groups excluding carboxylic acids is 1. The number of nitrogens with one attached hydrogen (secondary N) is 1. The van der Waals surface area contributed by atoms with Gasteiger partial charge in [0.25, 0.3) is 0 Å². The number of hydrogen-bond donors (Lipinski definition) is 1. The molecule has 1 aliphatic heterocycles. The first-order chi connectivity index (χ1) is 11.2. The van der Waals surface area contributed by atoms with Crippen molar-refractivity contribution < 1.29 is 18.0 Å². The molecule has 0 spiro atoms. The Morgan fingerprint density at radius 2 is 2.08 bits per heavy atom. The number of alkyl halides is 3. The smallest absolute Gasteiger partial charge is 0.302 e. The van der Waals surface area contributed by atoms with Crippen molar-refractivity contribution in [3.8, 4) is 10.6 Å². The van der Waals surface area contributed by atoms with E-state index >= 15 is 0 Å². The van der Waals surface area contributed by atoms with E-state index in [1.165, 1.54) is 27.6 Å². The summed E-state index contributed by atoms with van der Waals surface area (Å²) in [6.07, 6.45) is -4.23. The normalized spacial score (nSPS) is 16.2. The molecular formula is C14H15F3N4OS2. The van der Waals surface area contributed by atoms with Crippen LogP contribution in [-0.2, 0) is 4.79 Å². The first-order valence-electron chi connectivity index (χ1n) is 7.21. The van der Waals surface area contributed by atoms with E-state index < -0.39 is 18.6 Å². The van der Waals surface area contributed by atoms with Gasteiger partial charge in [-0.25, -0.2) is 9.97 Å². The molecule has 10 heteroatoms. The highest BCUT2D eigenvalue weighted by Gasteiger charge is 2.39. The van der Waals surface area contributed by atoms with Crippen molar-refractivity contribution in [1.82, 2.24) is 14.9 Å². The summed E-state index contributed by atoms with van der Waals surface area (Å²) in [5, 5.41) is 5.93. The van der Waals surface area contributed by atoms with E-state index in [4.69, 9.17) is 0 Å². The van der Waals surface area contributed by atoms with E-state index in [2.05, 4.69) is 15.3 Å². The van der Waals surface area contributed by atoms with Gasteiger partial charge in [-0.1, -0.05) is 0 Å². The molecule has 1 aliphatic rings. The van der Waals surface area contributed by atoms with Gasteiger partial charge in [0.1, 0.15) is 0 Å². The van der Waals surface area contributed by atoms with E-state index in [0.29, 0.717) is 5.13 Å². The molecule has 0 atom stereocenters. The van der Waals surface area contributed by atoms with Gasteiger partial charge in [-0.05, 0) is 13.8 Å². The molecule has 0 saturated carbocycles. The third kappa shape index (κ3) is 3.93. The lowest BCUT2D eigenvalue weighted by molar-refractivity contribution is -0.162. The summed E-state index contributed by atoms with van der Waals surface area (Å²) in [4.78, 5) is 23.0. The number of aromatic nitrogens is 2. The van der Waals surface area contributed by atoms with Crippen molar-refractivity contribution in [3.63, 3.8) is 0 Å². The van der Waals surface area contributed by atoms with E-state index in [0.717, 1.165) is 21.3 Å². The Morgan fingerprint density at radius 3 is 2.67 bits per heavy atom. The van der Waals surface area contributed by atoms with Crippen LogP contribution in [0, 0.1) is 19.8 Å². The summed E-state index contributed by atoms with van der Waals surface area (Å²) in [5.41, 5.74) is 1.65. The molecule has 130 valence electrons. The summed E-state index contributed by atoms with van der Waals surface area (Å²) in [6.45, 7) is 3.09. The van der Waals surface area contributed by atoms with E-state index in [1.807, 2.05) is 19.2 Å². The first-order valence-corrected chi connectivity index (χ1v) is 8.91. The second-order valence-corrected chi connectivity index (χ2v) is 7.74. The van der Waals surface area contributed by atoms with Gasteiger partial charge >= 0.3 is 6.18 Å². The third-order valence-electron chi connectivity index (χ3n) is 3.60. The summed E-state index contributed by atoms with van der Waals surface area (Å²) in [5.74, 6) is -0.710. The maximum Gasteiger partial charge on any atom is 0.401 e. The van der Waals surface area contributed by atoms with Crippen LogP contribution >= 0.6 is 22.7 Å². The number of nitrogens with zero attached hydrogens (tertiary/aromatic N) is 3. The second kappa shape index (κ2) is 6.41. The summed E-state index contributed by atoms with van der Waals surface area (Å²) < 4.78 is 36.7.